The van der Waals surface area contributed by atoms with Crippen molar-refractivity contribution < 1.29 is 28.7 Å². The Balaban J connectivity index is 1.87. The van der Waals surface area contributed by atoms with E-state index in [4.69, 9.17) is 14.2 Å². The van der Waals surface area contributed by atoms with Gasteiger partial charge in [-0.3, -0.25) is 30.3 Å². The molecule has 0 aliphatic carbocycles. The SMILES string of the molecule is COc1cc(C(=O)NC2=NC(c3cccc([N+](=O)[O-])c3)CC(=O)N2)cc(OC)c1OC. The molecule has 2 aromatic rings. The molecule has 1 atom stereocenters. The third kappa shape index (κ3) is 4.71. The van der Waals surface area contributed by atoms with Crippen molar-refractivity contribution in [1.82, 2.24) is 10.6 Å². The lowest BCUT2D eigenvalue weighted by Gasteiger charge is -2.21. The summed E-state index contributed by atoms with van der Waals surface area (Å²) in [6.07, 6.45) is -0.00921. The first-order chi connectivity index (χ1) is 14.9. The summed E-state index contributed by atoms with van der Waals surface area (Å²) in [7, 11) is 4.29. The van der Waals surface area contributed by atoms with Crippen LogP contribution >= 0.6 is 0 Å². The van der Waals surface area contributed by atoms with E-state index in [2.05, 4.69) is 15.6 Å². The van der Waals surface area contributed by atoms with Crippen molar-refractivity contribution >= 4 is 23.5 Å². The minimum absolute atomic E-state index is 0.00921. The number of guanidine groups is 1. The Morgan fingerprint density at radius 2 is 1.84 bits per heavy atom. The van der Waals surface area contributed by atoms with Crippen molar-refractivity contribution in [3.05, 3.63) is 57.6 Å². The summed E-state index contributed by atoms with van der Waals surface area (Å²) in [5.41, 5.74) is 0.564. The van der Waals surface area contributed by atoms with E-state index < -0.39 is 16.9 Å². The fourth-order valence-electron chi connectivity index (χ4n) is 3.09. The average Bonchev–Trinajstić information content (AvgIpc) is 2.77. The van der Waals surface area contributed by atoms with Crippen LogP contribution in [0.1, 0.15) is 28.4 Å². The van der Waals surface area contributed by atoms with E-state index in [9.17, 15) is 19.7 Å². The minimum atomic E-state index is -0.677. The highest BCUT2D eigenvalue weighted by Crippen LogP contribution is 2.38. The average molecular weight is 428 g/mol. The van der Waals surface area contributed by atoms with Crippen LogP contribution in [0.4, 0.5) is 5.69 Å². The van der Waals surface area contributed by atoms with Gasteiger partial charge in [0.05, 0.1) is 38.7 Å². The molecule has 0 saturated heterocycles. The molecule has 0 aromatic heterocycles. The van der Waals surface area contributed by atoms with Gasteiger partial charge in [0.15, 0.2) is 11.5 Å². The summed E-state index contributed by atoms with van der Waals surface area (Å²) in [6.45, 7) is 0. The lowest BCUT2D eigenvalue weighted by Crippen LogP contribution is -2.47. The van der Waals surface area contributed by atoms with Gasteiger partial charge in [0.2, 0.25) is 17.6 Å². The first-order valence-electron chi connectivity index (χ1n) is 9.09. The molecule has 1 aliphatic heterocycles. The van der Waals surface area contributed by atoms with Crippen molar-refractivity contribution in [2.75, 3.05) is 21.3 Å². The zero-order valence-corrected chi connectivity index (χ0v) is 17.0. The second-order valence-electron chi connectivity index (χ2n) is 6.47. The molecular formula is C20H20N4O7. The van der Waals surface area contributed by atoms with E-state index in [0.717, 1.165) is 0 Å². The van der Waals surface area contributed by atoms with Crippen LogP contribution in [0.3, 0.4) is 0 Å². The normalized spacial score (nSPS) is 15.4. The highest BCUT2D eigenvalue weighted by atomic mass is 16.6. The fourth-order valence-corrected chi connectivity index (χ4v) is 3.09. The zero-order valence-electron chi connectivity index (χ0n) is 17.0. The summed E-state index contributed by atoms with van der Waals surface area (Å²) in [5.74, 6) is -0.112. The summed E-state index contributed by atoms with van der Waals surface area (Å²) >= 11 is 0. The number of benzene rings is 2. The maximum atomic E-state index is 12.8. The number of nitrogens with zero attached hydrogens (tertiary/aromatic N) is 2. The lowest BCUT2D eigenvalue weighted by atomic mass is 10.0. The summed E-state index contributed by atoms with van der Waals surface area (Å²) in [5, 5.41) is 16.0. The van der Waals surface area contributed by atoms with Crippen LogP contribution in [0.25, 0.3) is 0 Å². The summed E-state index contributed by atoms with van der Waals surface area (Å²) < 4.78 is 15.7. The number of rotatable bonds is 6. The molecule has 0 radical (unpaired) electrons. The van der Waals surface area contributed by atoms with Crippen LogP contribution < -0.4 is 24.8 Å². The number of nitro benzene ring substituents is 1. The molecule has 2 amide bonds. The first-order valence-corrected chi connectivity index (χ1v) is 9.09. The molecule has 1 heterocycles. The van der Waals surface area contributed by atoms with Gasteiger partial charge in [-0.1, -0.05) is 12.1 Å². The molecule has 2 N–H and O–H groups in total. The molecule has 0 saturated carbocycles. The maximum absolute atomic E-state index is 12.8. The van der Waals surface area contributed by atoms with Crippen molar-refractivity contribution in [2.24, 2.45) is 4.99 Å². The van der Waals surface area contributed by atoms with Gasteiger partial charge in [0.1, 0.15) is 0 Å². The third-order valence-corrected chi connectivity index (χ3v) is 4.55. The standard InChI is InChI=1S/C20H20N4O7/c1-29-15-8-12(9-16(30-2)18(15)31-3)19(26)23-20-21-14(10-17(25)22-20)11-5-4-6-13(7-11)24(27)28/h4-9,14H,10H2,1-3H3,(H2,21,22,23,25,26). The topological polar surface area (TPSA) is 141 Å². The highest BCUT2D eigenvalue weighted by molar-refractivity contribution is 6.11. The minimum Gasteiger partial charge on any atom is -0.493 e. The van der Waals surface area contributed by atoms with Crippen LogP contribution in [-0.2, 0) is 4.79 Å². The zero-order chi connectivity index (χ0) is 22.5. The Kier molecular flexibility index (Phi) is 6.34. The Bertz CT molecular complexity index is 1040. The predicted molar refractivity (Wildman–Crippen MR) is 110 cm³/mol. The number of amides is 2. The molecule has 1 unspecified atom stereocenters. The number of nitrogens with one attached hydrogen (secondary N) is 2. The van der Waals surface area contributed by atoms with Gasteiger partial charge in [-0.25, -0.2) is 4.99 Å². The second kappa shape index (κ2) is 9.11. The summed E-state index contributed by atoms with van der Waals surface area (Å²) in [4.78, 5) is 39.7. The Hall–Kier alpha value is -4.15. The molecule has 2 aromatic carbocycles. The molecule has 3 rings (SSSR count). The molecule has 11 nitrogen and oxygen atoms in total. The third-order valence-electron chi connectivity index (χ3n) is 4.55. The quantitative estimate of drug-likeness (QED) is 0.529. The van der Waals surface area contributed by atoms with Gasteiger partial charge < -0.3 is 14.2 Å². The Morgan fingerprint density at radius 3 is 2.42 bits per heavy atom. The van der Waals surface area contributed by atoms with Crippen molar-refractivity contribution in [1.29, 1.82) is 0 Å². The van der Waals surface area contributed by atoms with Gasteiger partial charge >= 0.3 is 0 Å². The number of hydrogen-bond donors (Lipinski definition) is 2. The van der Waals surface area contributed by atoms with Crippen LogP contribution in [0.15, 0.2) is 41.4 Å². The van der Waals surface area contributed by atoms with E-state index in [-0.39, 0.29) is 41.0 Å². The number of ether oxygens (including phenoxy) is 3. The molecule has 1 aliphatic rings. The first kappa shape index (κ1) is 21.6. The van der Waals surface area contributed by atoms with Gasteiger partial charge in [-0.05, 0) is 17.7 Å². The number of non-ortho nitro benzene ring substituents is 1. The monoisotopic (exact) mass is 428 g/mol. The van der Waals surface area contributed by atoms with Crippen molar-refractivity contribution in [3.63, 3.8) is 0 Å². The fraction of sp³-hybridized carbons (Fsp3) is 0.250. The van der Waals surface area contributed by atoms with Crippen LogP contribution in [-0.4, -0.2) is 44.0 Å². The molecular weight excluding hydrogens is 408 g/mol. The van der Waals surface area contributed by atoms with Gasteiger partial charge in [-0.2, -0.15) is 0 Å². The van der Waals surface area contributed by atoms with Crippen LogP contribution in [0.5, 0.6) is 17.2 Å². The van der Waals surface area contributed by atoms with E-state index in [0.29, 0.717) is 11.3 Å². The highest BCUT2D eigenvalue weighted by Gasteiger charge is 2.25. The number of carbonyl (C=O) groups is 2. The largest absolute Gasteiger partial charge is 0.493 e. The Labute approximate surface area is 177 Å². The van der Waals surface area contributed by atoms with Gasteiger partial charge in [0.25, 0.3) is 11.6 Å². The molecule has 0 fully saturated rings. The number of carbonyl (C=O) groups excluding carboxylic acids is 2. The van der Waals surface area contributed by atoms with Crippen LogP contribution in [0.2, 0.25) is 0 Å². The van der Waals surface area contributed by atoms with Crippen LogP contribution in [0, 0.1) is 10.1 Å². The molecule has 0 bridgehead atoms. The predicted octanol–water partition coefficient (Wildman–Crippen LogP) is 1.97. The van der Waals surface area contributed by atoms with E-state index in [1.807, 2.05) is 0 Å². The Morgan fingerprint density at radius 1 is 1.16 bits per heavy atom. The van der Waals surface area contributed by atoms with Crippen molar-refractivity contribution in [2.45, 2.75) is 12.5 Å². The number of methoxy groups -OCH3 is 3. The smallest absolute Gasteiger partial charge is 0.269 e. The maximum Gasteiger partial charge on any atom is 0.269 e. The van der Waals surface area contributed by atoms with E-state index >= 15 is 0 Å². The number of hydrogen-bond acceptors (Lipinski definition) is 8. The van der Waals surface area contributed by atoms with Gasteiger partial charge in [0, 0.05) is 17.7 Å². The molecule has 11 heteroatoms. The lowest BCUT2D eigenvalue weighted by molar-refractivity contribution is -0.384. The van der Waals surface area contributed by atoms with Crippen molar-refractivity contribution in [3.8, 4) is 17.2 Å². The van der Waals surface area contributed by atoms with Gasteiger partial charge in [-0.15, -0.1) is 0 Å². The number of nitro groups is 1. The second-order valence-corrected chi connectivity index (χ2v) is 6.47. The molecule has 162 valence electrons. The van der Waals surface area contributed by atoms with E-state index in [1.165, 1.54) is 51.7 Å². The molecule has 0 spiro atoms. The summed E-state index contributed by atoms with van der Waals surface area (Å²) in [6, 6.07) is 8.10. The van der Waals surface area contributed by atoms with E-state index in [1.54, 1.807) is 6.07 Å². The number of aliphatic imine (C=N–C) groups is 1. The molecule has 31 heavy (non-hydrogen) atoms.